The normalized spacial score (nSPS) is 15.4. The van der Waals surface area contributed by atoms with Crippen molar-refractivity contribution in [1.82, 2.24) is 0 Å². The minimum absolute atomic E-state index is 0.163. The molecule has 0 bridgehead atoms. The van der Waals surface area contributed by atoms with E-state index in [1.165, 1.54) is 0 Å². The highest BCUT2D eigenvalue weighted by atomic mass is 16.6. The second-order valence-electron chi connectivity index (χ2n) is 4.87. The second-order valence-corrected chi connectivity index (χ2v) is 4.87. The van der Waals surface area contributed by atoms with Gasteiger partial charge in [-0.3, -0.25) is 14.9 Å². The minimum atomic E-state index is -1.17. The summed E-state index contributed by atoms with van der Waals surface area (Å²) in [6.45, 7) is 5.10. The molecule has 0 amide bonds. The number of aliphatic hydroxyl groups excluding tert-OH is 2. The average molecular weight is 261 g/mol. The molecule has 0 saturated heterocycles. The molecule has 0 aliphatic rings. The van der Waals surface area contributed by atoms with Crippen LogP contribution in [0.2, 0.25) is 0 Å². The van der Waals surface area contributed by atoms with Crippen LogP contribution in [0.15, 0.2) is 12.3 Å². The molecular weight excluding hydrogens is 242 g/mol. The summed E-state index contributed by atoms with van der Waals surface area (Å²) in [4.78, 5) is 20.6. The van der Waals surface area contributed by atoms with Crippen molar-refractivity contribution in [2.24, 2.45) is 0 Å². The number of carbonyl (C=O) groups excluding carboxylic acids is 1. The van der Waals surface area contributed by atoms with Crippen molar-refractivity contribution in [1.29, 1.82) is 0 Å². The van der Waals surface area contributed by atoms with Gasteiger partial charge in [-0.2, -0.15) is 0 Å². The van der Waals surface area contributed by atoms with Crippen LogP contribution in [0, 0.1) is 10.1 Å². The zero-order valence-corrected chi connectivity index (χ0v) is 10.7. The van der Waals surface area contributed by atoms with Crippen molar-refractivity contribution >= 4 is 5.97 Å². The van der Waals surface area contributed by atoms with Crippen LogP contribution in [0.25, 0.3) is 0 Å². The van der Waals surface area contributed by atoms with Gasteiger partial charge in [-0.05, 0) is 20.8 Å². The smallest absolute Gasteiger partial charge is 0.308 e. The van der Waals surface area contributed by atoms with Crippen LogP contribution in [0.3, 0.4) is 0 Å². The van der Waals surface area contributed by atoms with Gasteiger partial charge in [-0.15, -0.1) is 0 Å². The van der Waals surface area contributed by atoms with Gasteiger partial charge in [0.05, 0.1) is 23.6 Å². The van der Waals surface area contributed by atoms with Gasteiger partial charge < -0.3 is 14.9 Å². The molecule has 0 heterocycles. The van der Waals surface area contributed by atoms with E-state index in [0.717, 1.165) is 6.08 Å². The molecule has 18 heavy (non-hydrogen) atoms. The summed E-state index contributed by atoms with van der Waals surface area (Å²) in [6.07, 6.45) is -1.17. The topological polar surface area (TPSA) is 110 Å². The zero-order valence-electron chi connectivity index (χ0n) is 10.7. The summed E-state index contributed by atoms with van der Waals surface area (Å²) in [5.74, 6) is -0.583. The molecule has 0 unspecified atom stereocenters. The van der Waals surface area contributed by atoms with E-state index in [4.69, 9.17) is 4.74 Å². The van der Waals surface area contributed by atoms with E-state index in [1.807, 2.05) is 0 Å². The third-order valence-electron chi connectivity index (χ3n) is 1.77. The molecule has 0 rings (SSSR count). The molecule has 2 N–H and O–H groups in total. The number of nitro groups is 1. The SMILES string of the molecule is CC(C)(C)OC(=O)C[C@H](O)C[C@H](O)C=C[N+](=O)[O-]. The van der Waals surface area contributed by atoms with Crippen molar-refractivity contribution in [3.63, 3.8) is 0 Å². The minimum Gasteiger partial charge on any atom is -0.460 e. The summed E-state index contributed by atoms with van der Waals surface area (Å²) in [7, 11) is 0. The molecule has 104 valence electrons. The highest BCUT2D eigenvalue weighted by molar-refractivity contribution is 5.70. The molecule has 7 nitrogen and oxygen atoms in total. The van der Waals surface area contributed by atoms with Gasteiger partial charge in [0.1, 0.15) is 5.60 Å². The van der Waals surface area contributed by atoms with Crippen LogP contribution < -0.4 is 0 Å². The van der Waals surface area contributed by atoms with E-state index in [1.54, 1.807) is 20.8 Å². The fourth-order valence-corrected chi connectivity index (χ4v) is 1.19. The molecule has 0 aliphatic carbocycles. The number of hydrogen-bond acceptors (Lipinski definition) is 6. The Hall–Kier alpha value is -1.47. The summed E-state index contributed by atoms with van der Waals surface area (Å²) >= 11 is 0. The van der Waals surface area contributed by atoms with E-state index in [-0.39, 0.29) is 12.8 Å². The standard InChI is InChI=1S/C11H19NO6/c1-11(2,3)18-10(15)7-9(14)6-8(13)4-5-12(16)17/h4-5,8-9,13-14H,6-7H2,1-3H3/t8-,9-/m1/s1. The maximum Gasteiger partial charge on any atom is 0.308 e. The molecule has 0 saturated carbocycles. The Morgan fingerprint density at radius 1 is 1.44 bits per heavy atom. The quantitative estimate of drug-likeness (QED) is 0.412. The lowest BCUT2D eigenvalue weighted by Crippen LogP contribution is -2.27. The maximum atomic E-state index is 11.3. The van der Waals surface area contributed by atoms with Crippen LogP contribution in [0.1, 0.15) is 33.6 Å². The summed E-state index contributed by atoms with van der Waals surface area (Å²) in [6, 6.07) is 0. The molecule has 0 aliphatic heterocycles. The molecule has 2 atom stereocenters. The predicted molar refractivity (Wildman–Crippen MR) is 63.2 cm³/mol. The number of aliphatic hydroxyl groups is 2. The molecular formula is C11H19NO6. The maximum absolute atomic E-state index is 11.3. The Bertz CT molecular complexity index is 320. The summed E-state index contributed by atoms with van der Waals surface area (Å²) in [5, 5.41) is 28.8. The first-order valence-electron chi connectivity index (χ1n) is 5.50. The Morgan fingerprint density at radius 3 is 2.44 bits per heavy atom. The van der Waals surface area contributed by atoms with Gasteiger partial charge in [-0.25, -0.2) is 0 Å². The predicted octanol–water partition coefficient (Wildman–Crippen LogP) is 0.620. The number of ether oxygens (including phenoxy) is 1. The van der Waals surface area contributed by atoms with E-state index in [9.17, 15) is 25.1 Å². The largest absolute Gasteiger partial charge is 0.460 e. The summed E-state index contributed by atoms with van der Waals surface area (Å²) < 4.78 is 4.98. The van der Waals surface area contributed by atoms with Gasteiger partial charge in [0.15, 0.2) is 0 Å². The van der Waals surface area contributed by atoms with Gasteiger partial charge in [0, 0.05) is 12.5 Å². The van der Waals surface area contributed by atoms with Crippen molar-refractivity contribution in [2.75, 3.05) is 0 Å². The van der Waals surface area contributed by atoms with E-state index >= 15 is 0 Å². The Kier molecular flexibility index (Phi) is 6.50. The van der Waals surface area contributed by atoms with E-state index in [0.29, 0.717) is 6.20 Å². The average Bonchev–Trinajstić information content (AvgIpc) is 2.10. The van der Waals surface area contributed by atoms with Crippen molar-refractivity contribution in [3.05, 3.63) is 22.4 Å². The Morgan fingerprint density at radius 2 is 2.00 bits per heavy atom. The van der Waals surface area contributed by atoms with Crippen molar-refractivity contribution in [2.45, 2.75) is 51.4 Å². The number of hydrogen-bond donors (Lipinski definition) is 2. The first kappa shape index (κ1) is 16.5. The first-order chi connectivity index (χ1) is 8.10. The zero-order chi connectivity index (χ0) is 14.3. The first-order valence-corrected chi connectivity index (χ1v) is 5.50. The van der Waals surface area contributed by atoms with E-state index < -0.39 is 28.7 Å². The fraction of sp³-hybridized carbons (Fsp3) is 0.727. The second kappa shape index (κ2) is 7.07. The number of rotatable bonds is 6. The van der Waals surface area contributed by atoms with Crippen LogP contribution in [0.5, 0.6) is 0 Å². The van der Waals surface area contributed by atoms with Crippen molar-refractivity contribution < 1.29 is 24.7 Å². The third kappa shape index (κ3) is 9.73. The fourth-order valence-electron chi connectivity index (χ4n) is 1.19. The molecule has 0 spiro atoms. The molecule has 0 aromatic rings. The lowest BCUT2D eigenvalue weighted by atomic mass is 10.1. The molecule has 0 fully saturated rings. The van der Waals surface area contributed by atoms with Gasteiger partial charge >= 0.3 is 5.97 Å². The number of esters is 1. The van der Waals surface area contributed by atoms with Gasteiger partial charge in [0.2, 0.25) is 6.20 Å². The van der Waals surface area contributed by atoms with E-state index in [2.05, 4.69) is 0 Å². The molecule has 0 aromatic carbocycles. The van der Waals surface area contributed by atoms with Gasteiger partial charge in [-0.1, -0.05) is 0 Å². The van der Waals surface area contributed by atoms with Crippen LogP contribution in [-0.2, 0) is 9.53 Å². The highest BCUT2D eigenvalue weighted by Gasteiger charge is 2.20. The van der Waals surface area contributed by atoms with Crippen LogP contribution >= 0.6 is 0 Å². The molecule has 7 heteroatoms. The summed E-state index contributed by atoms with van der Waals surface area (Å²) in [5.41, 5.74) is -0.638. The Labute approximate surface area is 105 Å². The third-order valence-corrected chi connectivity index (χ3v) is 1.77. The lowest BCUT2D eigenvalue weighted by molar-refractivity contribution is -0.403. The van der Waals surface area contributed by atoms with Crippen LogP contribution in [0.4, 0.5) is 0 Å². The lowest BCUT2D eigenvalue weighted by Gasteiger charge is -2.20. The Balaban J connectivity index is 4.07. The monoisotopic (exact) mass is 261 g/mol. The number of carbonyl (C=O) groups is 1. The van der Waals surface area contributed by atoms with Crippen LogP contribution in [-0.4, -0.2) is 38.9 Å². The number of nitrogens with zero attached hydrogens (tertiary/aromatic N) is 1. The van der Waals surface area contributed by atoms with Crippen molar-refractivity contribution in [3.8, 4) is 0 Å². The molecule has 0 aromatic heterocycles. The molecule has 0 radical (unpaired) electrons. The highest BCUT2D eigenvalue weighted by Crippen LogP contribution is 2.11. The van der Waals surface area contributed by atoms with Gasteiger partial charge in [0.25, 0.3) is 0 Å².